The van der Waals surface area contributed by atoms with Gasteiger partial charge in [0.05, 0.1) is 17.0 Å². The van der Waals surface area contributed by atoms with Gasteiger partial charge in [-0.2, -0.15) is 5.10 Å². The number of hydrogen-bond acceptors (Lipinski definition) is 4. The molecule has 0 saturated heterocycles. The van der Waals surface area contributed by atoms with Crippen LogP contribution in [0.5, 0.6) is 0 Å². The third kappa shape index (κ3) is 2.33. The number of aromatic nitrogens is 3. The highest BCUT2D eigenvalue weighted by molar-refractivity contribution is 6.07. The Morgan fingerprint density at radius 2 is 2.41 bits per heavy atom. The average Bonchev–Trinajstić information content (AvgIpc) is 2.94. The van der Waals surface area contributed by atoms with Crippen molar-refractivity contribution in [1.82, 2.24) is 14.9 Å². The fourth-order valence-electron chi connectivity index (χ4n) is 1.53. The molecule has 0 saturated carbocycles. The van der Waals surface area contributed by atoms with Crippen LogP contribution in [-0.4, -0.2) is 20.7 Å². The molecule has 88 valence electrons. The smallest absolute Gasteiger partial charge is 0.191 e. The maximum Gasteiger partial charge on any atom is 0.191 e. The lowest BCUT2D eigenvalue weighted by Crippen LogP contribution is -1.99. The average molecular weight is 231 g/mol. The summed E-state index contributed by atoms with van der Waals surface area (Å²) in [6, 6.07) is 1.85. The van der Waals surface area contributed by atoms with Crippen molar-refractivity contribution in [3.63, 3.8) is 0 Å². The lowest BCUT2D eigenvalue weighted by atomic mass is 10.1. The van der Waals surface area contributed by atoms with Gasteiger partial charge in [-0.15, -0.1) is 0 Å². The van der Waals surface area contributed by atoms with Crippen LogP contribution < -0.4 is 0 Å². The second-order valence-corrected chi connectivity index (χ2v) is 3.58. The summed E-state index contributed by atoms with van der Waals surface area (Å²) in [5.74, 6) is -0.118. The van der Waals surface area contributed by atoms with Gasteiger partial charge >= 0.3 is 0 Å². The van der Waals surface area contributed by atoms with Gasteiger partial charge in [0.1, 0.15) is 6.26 Å². The van der Waals surface area contributed by atoms with Crippen LogP contribution in [0.15, 0.2) is 29.1 Å². The number of ketones is 1. The van der Waals surface area contributed by atoms with Gasteiger partial charge in [-0.3, -0.25) is 9.48 Å². The summed E-state index contributed by atoms with van der Waals surface area (Å²) in [6.07, 6.45) is 6.31. The first kappa shape index (κ1) is 11.3. The molecule has 2 aromatic heterocycles. The summed E-state index contributed by atoms with van der Waals surface area (Å²) >= 11 is 0. The monoisotopic (exact) mass is 231 g/mol. The van der Waals surface area contributed by atoms with E-state index in [9.17, 15) is 4.79 Å². The number of rotatable bonds is 4. The van der Waals surface area contributed by atoms with Crippen molar-refractivity contribution in [2.45, 2.75) is 20.4 Å². The summed E-state index contributed by atoms with van der Waals surface area (Å²) in [5, 5.41) is 7.79. The summed E-state index contributed by atoms with van der Waals surface area (Å²) in [5.41, 5.74) is 1.99. The molecule has 0 aliphatic rings. The Bertz CT molecular complexity index is 552. The van der Waals surface area contributed by atoms with E-state index < -0.39 is 0 Å². The van der Waals surface area contributed by atoms with E-state index in [1.165, 1.54) is 12.3 Å². The molecule has 2 heterocycles. The van der Waals surface area contributed by atoms with Crippen molar-refractivity contribution in [2.24, 2.45) is 0 Å². The molecule has 0 fully saturated rings. The highest BCUT2D eigenvalue weighted by Crippen LogP contribution is 2.08. The molecule has 0 bridgehead atoms. The van der Waals surface area contributed by atoms with Gasteiger partial charge < -0.3 is 4.52 Å². The minimum Gasteiger partial charge on any atom is -0.364 e. The quantitative estimate of drug-likeness (QED) is 0.597. The van der Waals surface area contributed by atoms with Gasteiger partial charge in [0, 0.05) is 12.7 Å². The molecule has 0 radical (unpaired) electrons. The van der Waals surface area contributed by atoms with E-state index in [1.54, 1.807) is 19.2 Å². The summed E-state index contributed by atoms with van der Waals surface area (Å²) in [4.78, 5) is 11.8. The van der Waals surface area contributed by atoms with E-state index in [2.05, 4.69) is 10.3 Å². The summed E-state index contributed by atoms with van der Waals surface area (Å²) < 4.78 is 6.54. The van der Waals surface area contributed by atoms with Gasteiger partial charge in [-0.05, 0) is 32.1 Å². The number of carbonyl (C=O) groups is 1. The molecule has 2 rings (SSSR count). The van der Waals surface area contributed by atoms with E-state index in [0.717, 1.165) is 12.2 Å². The van der Waals surface area contributed by atoms with Gasteiger partial charge in [0.15, 0.2) is 5.78 Å². The Labute approximate surface area is 98.7 Å². The molecule has 0 atom stereocenters. The van der Waals surface area contributed by atoms with Gasteiger partial charge in [-0.25, -0.2) is 0 Å². The molecular formula is C12H13N3O2. The van der Waals surface area contributed by atoms with Crippen LogP contribution in [0.3, 0.4) is 0 Å². The highest BCUT2D eigenvalue weighted by Gasteiger charge is 2.09. The van der Waals surface area contributed by atoms with Crippen molar-refractivity contribution in [3.05, 3.63) is 41.6 Å². The zero-order chi connectivity index (χ0) is 12.3. The molecule has 17 heavy (non-hydrogen) atoms. The largest absolute Gasteiger partial charge is 0.364 e. The van der Waals surface area contributed by atoms with Crippen LogP contribution in [0.2, 0.25) is 0 Å². The molecule has 0 unspecified atom stereocenters. The predicted molar refractivity (Wildman–Crippen MR) is 62.5 cm³/mol. The van der Waals surface area contributed by atoms with Crippen LogP contribution in [0.1, 0.15) is 28.7 Å². The lowest BCUT2D eigenvalue weighted by Gasteiger charge is -1.98. The van der Waals surface area contributed by atoms with Crippen LogP contribution >= 0.6 is 0 Å². The molecule has 5 heteroatoms. The highest BCUT2D eigenvalue weighted by atomic mass is 16.5. The predicted octanol–water partition coefficient (Wildman–Crippen LogP) is 2.10. The van der Waals surface area contributed by atoms with E-state index in [-0.39, 0.29) is 5.78 Å². The van der Waals surface area contributed by atoms with Gasteiger partial charge in [0.25, 0.3) is 0 Å². The Kier molecular flexibility index (Phi) is 3.18. The minimum absolute atomic E-state index is 0.118. The number of aryl methyl sites for hydroxylation is 2. The number of allylic oxidation sites excluding steroid dienone is 1. The molecule has 2 aromatic rings. The molecule has 0 N–H and O–H groups in total. The Balaban J connectivity index is 2.17. The molecule has 0 spiro atoms. The SMILES string of the molecule is CCn1nccc1C=CC(=O)c1conc1C. The Hall–Kier alpha value is -2.17. The summed E-state index contributed by atoms with van der Waals surface area (Å²) in [6.45, 7) is 4.50. The number of hydrogen-bond donors (Lipinski definition) is 0. The van der Waals surface area contributed by atoms with Crippen molar-refractivity contribution in [2.75, 3.05) is 0 Å². The number of carbonyl (C=O) groups excluding carboxylic acids is 1. The van der Waals surface area contributed by atoms with Gasteiger partial charge in [-0.1, -0.05) is 5.16 Å². The molecule has 0 aromatic carbocycles. The third-order valence-electron chi connectivity index (χ3n) is 2.47. The van der Waals surface area contributed by atoms with E-state index in [1.807, 2.05) is 17.7 Å². The van der Waals surface area contributed by atoms with Crippen LogP contribution in [0.25, 0.3) is 6.08 Å². The topological polar surface area (TPSA) is 60.9 Å². The van der Waals surface area contributed by atoms with Crippen LogP contribution in [0.4, 0.5) is 0 Å². The van der Waals surface area contributed by atoms with Crippen molar-refractivity contribution in [3.8, 4) is 0 Å². The van der Waals surface area contributed by atoms with Crippen molar-refractivity contribution in [1.29, 1.82) is 0 Å². The minimum atomic E-state index is -0.118. The second-order valence-electron chi connectivity index (χ2n) is 3.58. The molecular weight excluding hydrogens is 218 g/mol. The number of nitrogens with zero attached hydrogens (tertiary/aromatic N) is 3. The van der Waals surface area contributed by atoms with Crippen molar-refractivity contribution < 1.29 is 9.32 Å². The first-order valence-electron chi connectivity index (χ1n) is 5.37. The standard InChI is InChI=1S/C12H13N3O2/c1-3-15-10(6-7-13-15)4-5-12(16)11-8-17-14-9(11)2/h4-8H,3H2,1-2H3. The van der Waals surface area contributed by atoms with Crippen molar-refractivity contribution >= 4 is 11.9 Å². The van der Waals surface area contributed by atoms with Gasteiger partial charge in [0.2, 0.25) is 0 Å². The van der Waals surface area contributed by atoms with Crippen LogP contribution in [-0.2, 0) is 6.54 Å². The fourth-order valence-corrected chi connectivity index (χ4v) is 1.53. The second kappa shape index (κ2) is 4.78. The Morgan fingerprint density at radius 3 is 3.06 bits per heavy atom. The van der Waals surface area contributed by atoms with Crippen LogP contribution in [0, 0.1) is 6.92 Å². The summed E-state index contributed by atoms with van der Waals surface area (Å²) in [7, 11) is 0. The molecule has 0 aliphatic carbocycles. The zero-order valence-electron chi connectivity index (χ0n) is 9.75. The van der Waals surface area contributed by atoms with E-state index in [0.29, 0.717) is 11.3 Å². The normalized spacial score (nSPS) is 11.2. The Morgan fingerprint density at radius 1 is 1.59 bits per heavy atom. The lowest BCUT2D eigenvalue weighted by molar-refractivity contribution is 0.104. The fraction of sp³-hybridized carbons (Fsp3) is 0.250. The molecule has 5 nitrogen and oxygen atoms in total. The maximum atomic E-state index is 11.8. The zero-order valence-corrected chi connectivity index (χ0v) is 9.75. The molecule has 0 amide bonds. The third-order valence-corrected chi connectivity index (χ3v) is 2.47. The molecule has 0 aliphatic heterocycles. The van der Waals surface area contributed by atoms with E-state index >= 15 is 0 Å². The first-order valence-corrected chi connectivity index (χ1v) is 5.37. The first-order chi connectivity index (χ1) is 8.22. The van der Waals surface area contributed by atoms with E-state index in [4.69, 9.17) is 4.52 Å². The maximum absolute atomic E-state index is 11.8.